The van der Waals surface area contributed by atoms with Crippen molar-refractivity contribution in [2.45, 2.75) is 56.3 Å². The summed E-state index contributed by atoms with van der Waals surface area (Å²) in [6.45, 7) is 2.21. The van der Waals surface area contributed by atoms with Gasteiger partial charge in [-0.2, -0.15) is 0 Å². The standard InChI is InChI=1S/C25H31N3O/c1-17-15-21-20-16-19(26)9-10-22(20)27-23(21)25(29-17)13-11-24(12-14-25,28(2)3)18-7-5-4-6-8-18/h4-10,16-17,27H,11-15,26H2,1-3H3. The molecular weight excluding hydrogens is 358 g/mol. The maximum Gasteiger partial charge on any atom is 0.109 e. The molecule has 2 aliphatic rings. The zero-order valence-electron chi connectivity index (χ0n) is 17.7. The molecule has 0 bridgehead atoms. The molecule has 2 heterocycles. The minimum Gasteiger partial charge on any atom is -0.399 e. The number of nitrogen functional groups attached to an aromatic ring is 1. The van der Waals surface area contributed by atoms with Crippen LogP contribution in [0.4, 0.5) is 5.69 Å². The fourth-order valence-corrected chi connectivity index (χ4v) is 5.82. The van der Waals surface area contributed by atoms with Gasteiger partial charge in [-0.05, 0) is 76.0 Å². The van der Waals surface area contributed by atoms with E-state index in [1.807, 2.05) is 6.07 Å². The minimum atomic E-state index is -0.227. The summed E-state index contributed by atoms with van der Waals surface area (Å²) in [7, 11) is 4.43. The number of nitrogens with two attached hydrogens (primary N) is 1. The van der Waals surface area contributed by atoms with Gasteiger partial charge in [0, 0.05) is 28.6 Å². The van der Waals surface area contributed by atoms with Crippen LogP contribution in [-0.4, -0.2) is 30.1 Å². The summed E-state index contributed by atoms with van der Waals surface area (Å²) in [4.78, 5) is 6.14. The van der Waals surface area contributed by atoms with E-state index in [0.717, 1.165) is 37.8 Å². The summed E-state index contributed by atoms with van der Waals surface area (Å²) in [5, 5.41) is 1.27. The molecule has 1 aliphatic carbocycles. The smallest absolute Gasteiger partial charge is 0.109 e. The zero-order valence-corrected chi connectivity index (χ0v) is 17.7. The van der Waals surface area contributed by atoms with Crippen molar-refractivity contribution in [1.82, 2.24) is 9.88 Å². The Morgan fingerprint density at radius 2 is 1.76 bits per heavy atom. The summed E-state index contributed by atoms with van der Waals surface area (Å²) in [6, 6.07) is 17.2. The average Bonchev–Trinajstić information content (AvgIpc) is 3.08. The molecule has 1 aliphatic heterocycles. The molecule has 3 N–H and O–H groups in total. The van der Waals surface area contributed by atoms with Crippen LogP contribution < -0.4 is 5.73 Å². The fraction of sp³-hybridized carbons (Fsp3) is 0.440. The summed E-state index contributed by atoms with van der Waals surface area (Å²) in [6.07, 6.45) is 5.34. The van der Waals surface area contributed by atoms with Crippen molar-refractivity contribution in [3.63, 3.8) is 0 Å². The van der Waals surface area contributed by atoms with Gasteiger partial charge in [0.25, 0.3) is 0 Å². The second-order valence-corrected chi connectivity index (χ2v) is 9.20. The first-order chi connectivity index (χ1) is 13.9. The van der Waals surface area contributed by atoms with Crippen molar-refractivity contribution in [2.24, 2.45) is 0 Å². The van der Waals surface area contributed by atoms with Gasteiger partial charge < -0.3 is 15.5 Å². The van der Waals surface area contributed by atoms with E-state index >= 15 is 0 Å². The number of aromatic nitrogens is 1. The summed E-state index contributed by atoms with van der Waals surface area (Å²) in [5.41, 5.74) is 12.0. The lowest BCUT2D eigenvalue weighted by atomic mass is 9.67. The molecule has 0 saturated heterocycles. The number of hydrogen-bond acceptors (Lipinski definition) is 3. The van der Waals surface area contributed by atoms with Crippen LogP contribution in [0.5, 0.6) is 0 Å². The van der Waals surface area contributed by atoms with Crippen molar-refractivity contribution < 1.29 is 4.74 Å². The number of H-pyrrole nitrogens is 1. The maximum atomic E-state index is 6.73. The van der Waals surface area contributed by atoms with Gasteiger partial charge in [-0.1, -0.05) is 30.3 Å². The molecule has 0 amide bonds. The Hall–Kier alpha value is -2.30. The maximum absolute atomic E-state index is 6.73. The number of ether oxygens (including phenoxy) is 1. The normalized spacial score (nSPS) is 29.4. The number of nitrogens with zero attached hydrogens (tertiary/aromatic N) is 1. The van der Waals surface area contributed by atoms with Gasteiger partial charge in [0.1, 0.15) is 5.60 Å². The molecule has 1 spiro atoms. The second kappa shape index (κ2) is 6.61. The number of rotatable bonds is 2. The molecule has 4 nitrogen and oxygen atoms in total. The SMILES string of the molecule is CC1Cc2c([nH]c3ccc(N)cc23)C2(CCC(c3ccccc3)(N(C)C)CC2)O1. The zero-order chi connectivity index (χ0) is 20.2. The highest BCUT2D eigenvalue weighted by Crippen LogP contribution is 2.53. The van der Waals surface area contributed by atoms with E-state index in [0.29, 0.717) is 0 Å². The largest absolute Gasteiger partial charge is 0.399 e. The van der Waals surface area contributed by atoms with Crippen LogP contribution >= 0.6 is 0 Å². The summed E-state index contributed by atoms with van der Waals surface area (Å²) >= 11 is 0. The number of nitrogens with one attached hydrogen (secondary N) is 1. The number of fused-ring (bicyclic) bond motifs is 4. The molecule has 2 aromatic carbocycles. The predicted molar refractivity (Wildman–Crippen MR) is 119 cm³/mol. The van der Waals surface area contributed by atoms with E-state index in [1.54, 1.807) is 0 Å². The molecule has 0 radical (unpaired) electrons. The monoisotopic (exact) mass is 389 g/mol. The highest BCUT2D eigenvalue weighted by molar-refractivity contribution is 5.88. The van der Waals surface area contributed by atoms with Gasteiger partial charge in [-0.3, -0.25) is 4.90 Å². The minimum absolute atomic E-state index is 0.0627. The first-order valence-electron chi connectivity index (χ1n) is 10.7. The van der Waals surface area contributed by atoms with Crippen molar-refractivity contribution in [3.05, 3.63) is 65.4 Å². The molecule has 1 saturated carbocycles. The quantitative estimate of drug-likeness (QED) is 0.611. The third-order valence-electron chi connectivity index (χ3n) is 7.36. The molecule has 1 unspecified atom stereocenters. The molecule has 152 valence electrons. The lowest BCUT2D eigenvalue weighted by Gasteiger charge is -2.51. The van der Waals surface area contributed by atoms with Crippen LogP contribution in [0.15, 0.2) is 48.5 Å². The van der Waals surface area contributed by atoms with E-state index in [2.05, 4.69) is 73.4 Å². The summed E-state index contributed by atoms with van der Waals surface area (Å²) in [5.74, 6) is 0. The van der Waals surface area contributed by atoms with Gasteiger partial charge >= 0.3 is 0 Å². The van der Waals surface area contributed by atoms with Crippen molar-refractivity contribution in [3.8, 4) is 0 Å². The molecule has 3 aromatic rings. The van der Waals surface area contributed by atoms with Crippen molar-refractivity contribution in [1.29, 1.82) is 0 Å². The molecule has 1 atom stereocenters. The van der Waals surface area contributed by atoms with E-state index in [9.17, 15) is 0 Å². The summed E-state index contributed by atoms with van der Waals surface area (Å²) < 4.78 is 6.73. The van der Waals surface area contributed by atoms with Gasteiger partial charge in [-0.15, -0.1) is 0 Å². The Kier molecular flexibility index (Phi) is 4.27. The molecule has 1 aromatic heterocycles. The van der Waals surface area contributed by atoms with E-state index in [1.165, 1.54) is 27.7 Å². The van der Waals surface area contributed by atoms with Crippen molar-refractivity contribution >= 4 is 16.6 Å². The Balaban J connectivity index is 1.56. The lowest BCUT2D eigenvalue weighted by Crippen LogP contribution is -2.51. The lowest BCUT2D eigenvalue weighted by molar-refractivity contribution is -0.145. The number of aromatic amines is 1. The van der Waals surface area contributed by atoms with Gasteiger partial charge in [0.05, 0.1) is 11.8 Å². The van der Waals surface area contributed by atoms with Gasteiger partial charge in [-0.25, -0.2) is 0 Å². The Morgan fingerprint density at radius 1 is 1.03 bits per heavy atom. The molecular formula is C25H31N3O. The molecule has 29 heavy (non-hydrogen) atoms. The van der Waals surface area contributed by atoms with Crippen LogP contribution in [0, 0.1) is 0 Å². The Bertz CT molecular complexity index is 1030. The van der Waals surface area contributed by atoms with E-state index in [-0.39, 0.29) is 17.2 Å². The topological polar surface area (TPSA) is 54.3 Å². The first-order valence-corrected chi connectivity index (χ1v) is 10.7. The van der Waals surface area contributed by atoms with Gasteiger partial charge in [0.2, 0.25) is 0 Å². The number of benzene rings is 2. The Morgan fingerprint density at radius 3 is 2.45 bits per heavy atom. The number of anilines is 1. The molecule has 4 heteroatoms. The van der Waals surface area contributed by atoms with Gasteiger partial charge in [0.15, 0.2) is 0 Å². The molecule has 1 fully saturated rings. The van der Waals surface area contributed by atoms with Crippen LogP contribution in [0.25, 0.3) is 10.9 Å². The van der Waals surface area contributed by atoms with Crippen molar-refractivity contribution in [2.75, 3.05) is 19.8 Å². The van der Waals surface area contributed by atoms with E-state index < -0.39 is 0 Å². The van der Waals surface area contributed by atoms with Crippen LogP contribution in [0.3, 0.4) is 0 Å². The molecule has 5 rings (SSSR count). The van der Waals surface area contributed by atoms with Crippen LogP contribution in [-0.2, 0) is 22.3 Å². The van der Waals surface area contributed by atoms with Crippen LogP contribution in [0.1, 0.15) is 49.4 Å². The first kappa shape index (κ1) is 18.7. The average molecular weight is 390 g/mol. The Labute approximate surface area is 173 Å². The third-order valence-corrected chi connectivity index (χ3v) is 7.36. The van der Waals surface area contributed by atoms with Crippen LogP contribution in [0.2, 0.25) is 0 Å². The van der Waals surface area contributed by atoms with E-state index in [4.69, 9.17) is 10.5 Å². The highest BCUT2D eigenvalue weighted by Gasteiger charge is 2.50. The second-order valence-electron chi connectivity index (χ2n) is 9.20. The fourth-order valence-electron chi connectivity index (χ4n) is 5.82. The predicted octanol–water partition coefficient (Wildman–Crippen LogP) is 4.94. The number of hydrogen-bond donors (Lipinski definition) is 2. The highest BCUT2D eigenvalue weighted by atomic mass is 16.5. The third kappa shape index (κ3) is 2.81.